The quantitative estimate of drug-likeness (QED) is 0.700. The van der Waals surface area contributed by atoms with Gasteiger partial charge in [-0.2, -0.15) is 0 Å². The molecule has 0 fully saturated rings. The maximum atomic E-state index is 11.7. The summed E-state index contributed by atoms with van der Waals surface area (Å²) in [7, 11) is 0. The number of carboxylic acids is 1. The van der Waals surface area contributed by atoms with Gasteiger partial charge < -0.3 is 5.11 Å². The average Bonchev–Trinajstić information content (AvgIpc) is 2.16. The van der Waals surface area contributed by atoms with Gasteiger partial charge in [0.2, 0.25) is 0 Å². The molecule has 0 saturated heterocycles. The number of hydrogen-bond donors (Lipinski definition) is 1. The molecule has 0 amide bonds. The van der Waals surface area contributed by atoms with E-state index in [-0.39, 0.29) is 10.8 Å². The lowest BCUT2D eigenvalue weighted by atomic mass is 9.58. The van der Waals surface area contributed by atoms with Crippen molar-refractivity contribution in [3.05, 3.63) is 0 Å². The number of aliphatic carboxylic acids is 1. The van der Waals surface area contributed by atoms with Crippen molar-refractivity contribution in [3.8, 4) is 0 Å². The molecule has 0 aromatic heterocycles. The molecule has 1 unspecified atom stereocenters. The number of carbonyl (C=O) groups is 1. The van der Waals surface area contributed by atoms with Gasteiger partial charge in [-0.15, -0.1) is 0 Å². The van der Waals surface area contributed by atoms with Gasteiger partial charge in [-0.3, -0.25) is 4.79 Å². The summed E-state index contributed by atoms with van der Waals surface area (Å²) in [6.07, 6.45) is 3.81. The van der Waals surface area contributed by atoms with Crippen molar-refractivity contribution in [1.29, 1.82) is 0 Å². The third-order valence-corrected chi connectivity index (χ3v) is 4.61. The van der Waals surface area contributed by atoms with E-state index in [2.05, 4.69) is 41.5 Å². The Morgan fingerprint density at radius 3 is 1.82 bits per heavy atom. The zero-order valence-corrected chi connectivity index (χ0v) is 12.7. The van der Waals surface area contributed by atoms with Crippen LogP contribution in [-0.2, 0) is 4.79 Å². The van der Waals surface area contributed by atoms with Gasteiger partial charge in [0.05, 0.1) is 5.41 Å². The molecule has 0 heterocycles. The fraction of sp³-hybridized carbons (Fsp3) is 0.933. The molecule has 1 atom stereocenters. The zero-order chi connectivity index (χ0) is 13.9. The lowest BCUT2D eigenvalue weighted by Crippen LogP contribution is -2.44. The highest BCUT2D eigenvalue weighted by molar-refractivity contribution is 5.75. The van der Waals surface area contributed by atoms with Crippen molar-refractivity contribution in [2.45, 2.75) is 74.1 Å². The third-order valence-electron chi connectivity index (χ3n) is 4.61. The predicted octanol–water partition coefficient (Wildman–Crippen LogP) is 4.73. The second kappa shape index (κ2) is 5.41. The molecule has 0 aliphatic rings. The first kappa shape index (κ1) is 16.5. The standard InChI is InChI=1S/C15H30O2/c1-8-10-13(3,4)11-15(7,12(16)17)14(5,6)9-2/h8-11H2,1-7H3,(H,16,17). The first-order chi connectivity index (χ1) is 7.52. The minimum atomic E-state index is -0.659. The highest BCUT2D eigenvalue weighted by Crippen LogP contribution is 2.49. The molecular formula is C15H30O2. The summed E-state index contributed by atoms with van der Waals surface area (Å²) < 4.78 is 0. The van der Waals surface area contributed by atoms with Crippen molar-refractivity contribution in [1.82, 2.24) is 0 Å². The summed E-state index contributed by atoms with van der Waals surface area (Å²) >= 11 is 0. The molecule has 0 rings (SSSR count). The lowest BCUT2D eigenvalue weighted by Gasteiger charge is -2.45. The van der Waals surface area contributed by atoms with Crippen LogP contribution < -0.4 is 0 Å². The number of carboxylic acid groups (broad SMARTS) is 1. The molecule has 0 saturated carbocycles. The van der Waals surface area contributed by atoms with Crippen LogP contribution in [0.15, 0.2) is 0 Å². The van der Waals surface area contributed by atoms with Crippen molar-refractivity contribution < 1.29 is 9.90 Å². The van der Waals surface area contributed by atoms with E-state index < -0.39 is 11.4 Å². The summed E-state index contributed by atoms with van der Waals surface area (Å²) in [4.78, 5) is 11.7. The summed E-state index contributed by atoms with van der Waals surface area (Å²) in [6, 6.07) is 0. The largest absolute Gasteiger partial charge is 0.481 e. The normalized spacial score (nSPS) is 16.6. The maximum absolute atomic E-state index is 11.7. The van der Waals surface area contributed by atoms with Gasteiger partial charge in [0.25, 0.3) is 0 Å². The molecule has 0 radical (unpaired) electrons. The Labute approximate surface area is 107 Å². The molecule has 0 spiro atoms. The molecule has 0 aromatic carbocycles. The summed E-state index contributed by atoms with van der Waals surface area (Å²) in [5.41, 5.74) is -0.738. The number of hydrogen-bond acceptors (Lipinski definition) is 1. The van der Waals surface area contributed by atoms with Gasteiger partial charge in [-0.1, -0.05) is 48.0 Å². The van der Waals surface area contributed by atoms with Gasteiger partial charge in [0, 0.05) is 0 Å². The molecular weight excluding hydrogens is 212 g/mol. The van der Waals surface area contributed by atoms with Gasteiger partial charge in [0.15, 0.2) is 0 Å². The van der Waals surface area contributed by atoms with E-state index >= 15 is 0 Å². The van der Waals surface area contributed by atoms with Crippen LogP contribution in [-0.4, -0.2) is 11.1 Å². The van der Waals surface area contributed by atoms with E-state index in [0.29, 0.717) is 0 Å². The van der Waals surface area contributed by atoms with E-state index in [1.807, 2.05) is 6.92 Å². The third kappa shape index (κ3) is 3.72. The lowest BCUT2D eigenvalue weighted by molar-refractivity contribution is -0.159. The molecule has 17 heavy (non-hydrogen) atoms. The second-order valence-corrected chi connectivity index (χ2v) is 6.97. The zero-order valence-electron chi connectivity index (χ0n) is 12.7. The van der Waals surface area contributed by atoms with Crippen LogP contribution in [0, 0.1) is 16.2 Å². The van der Waals surface area contributed by atoms with Gasteiger partial charge in [-0.25, -0.2) is 0 Å². The van der Waals surface area contributed by atoms with E-state index in [1.165, 1.54) is 0 Å². The van der Waals surface area contributed by atoms with Crippen LogP contribution in [0.25, 0.3) is 0 Å². The highest BCUT2D eigenvalue weighted by Gasteiger charge is 2.48. The van der Waals surface area contributed by atoms with E-state index in [0.717, 1.165) is 25.7 Å². The Bertz CT molecular complexity index is 266. The van der Waals surface area contributed by atoms with Crippen LogP contribution >= 0.6 is 0 Å². The minimum absolute atomic E-state index is 0.0916. The average molecular weight is 242 g/mol. The Balaban J connectivity index is 5.19. The van der Waals surface area contributed by atoms with Crippen molar-refractivity contribution >= 4 is 5.97 Å². The first-order valence-corrected chi connectivity index (χ1v) is 6.76. The molecule has 0 aromatic rings. The summed E-state index contributed by atoms with van der Waals surface area (Å²) in [5, 5.41) is 9.63. The molecule has 102 valence electrons. The fourth-order valence-electron chi connectivity index (χ4n) is 2.72. The monoisotopic (exact) mass is 242 g/mol. The highest BCUT2D eigenvalue weighted by atomic mass is 16.4. The topological polar surface area (TPSA) is 37.3 Å². The molecule has 2 nitrogen and oxygen atoms in total. The Kier molecular flexibility index (Phi) is 5.24. The molecule has 1 N–H and O–H groups in total. The SMILES string of the molecule is CCCC(C)(C)CC(C)(C(=O)O)C(C)(C)CC. The number of rotatable bonds is 7. The van der Waals surface area contributed by atoms with Gasteiger partial charge in [0.1, 0.15) is 0 Å². The van der Waals surface area contributed by atoms with Crippen LogP contribution in [0.5, 0.6) is 0 Å². The summed E-state index contributed by atoms with van der Waals surface area (Å²) in [6.45, 7) is 14.7. The van der Waals surface area contributed by atoms with Crippen LogP contribution in [0.2, 0.25) is 0 Å². The van der Waals surface area contributed by atoms with E-state index in [1.54, 1.807) is 0 Å². The first-order valence-electron chi connectivity index (χ1n) is 6.76. The van der Waals surface area contributed by atoms with Gasteiger partial charge in [-0.05, 0) is 37.0 Å². The smallest absolute Gasteiger partial charge is 0.309 e. The Hall–Kier alpha value is -0.530. The summed E-state index contributed by atoms with van der Waals surface area (Å²) in [5.74, 6) is -0.659. The van der Waals surface area contributed by atoms with Crippen molar-refractivity contribution in [2.75, 3.05) is 0 Å². The fourth-order valence-corrected chi connectivity index (χ4v) is 2.72. The van der Waals surface area contributed by atoms with Crippen LogP contribution in [0.1, 0.15) is 74.1 Å². The van der Waals surface area contributed by atoms with E-state index in [4.69, 9.17) is 0 Å². The Morgan fingerprint density at radius 1 is 1.06 bits per heavy atom. The molecule has 2 heteroatoms. The maximum Gasteiger partial charge on any atom is 0.309 e. The Morgan fingerprint density at radius 2 is 1.53 bits per heavy atom. The predicted molar refractivity (Wildman–Crippen MR) is 73.1 cm³/mol. The molecule has 0 aliphatic heterocycles. The van der Waals surface area contributed by atoms with Crippen LogP contribution in [0.4, 0.5) is 0 Å². The van der Waals surface area contributed by atoms with Crippen LogP contribution in [0.3, 0.4) is 0 Å². The second-order valence-electron chi connectivity index (χ2n) is 6.97. The van der Waals surface area contributed by atoms with Crippen molar-refractivity contribution in [2.24, 2.45) is 16.2 Å². The van der Waals surface area contributed by atoms with Crippen molar-refractivity contribution in [3.63, 3.8) is 0 Å². The molecule has 0 bridgehead atoms. The molecule has 0 aliphatic carbocycles. The minimum Gasteiger partial charge on any atom is -0.481 e. The van der Waals surface area contributed by atoms with E-state index in [9.17, 15) is 9.90 Å². The van der Waals surface area contributed by atoms with Gasteiger partial charge >= 0.3 is 5.97 Å².